The van der Waals surface area contributed by atoms with Crippen LogP contribution in [-0.4, -0.2) is 13.1 Å². The summed E-state index contributed by atoms with van der Waals surface area (Å²) in [6.45, 7) is 2.05. The zero-order valence-electron chi connectivity index (χ0n) is 11.6. The molecule has 0 bridgehead atoms. The van der Waals surface area contributed by atoms with Gasteiger partial charge in [0.25, 0.3) is 0 Å². The first kappa shape index (κ1) is 13.9. The third-order valence-corrected chi connectivity index (χ3v) is 2.73. The first-order valence-electron chi connectivity index (χ1n) is 6.32. The molecule has 104 valence electrons. The van der Waals surface area contributed by atoms with Gasteiger partial charge in [0.1, 0.15) is 11.5 Å². The largest absolute Gasteiger partial charge is 0.497 e. The first-order valence-corrected chi connectivity index (χ1v) is 6.32. The van der Waals surface area contributed by atoms with Crippen molar-refractivity contribution in [2.75, 3.05) is 12.4 Å². The van der Waals surface area contributed by atoms with Gasteiger partial charge in [-0.2, -0.15) is 0 Å². The highest BCUT2D eigenvalue weighted by Crippen LogP contribution is 2.19. The predicted octanol–water partition coefficient (Wildman–Crippen LogP) is 3.23. The van der Waals surface area contributed by atoms with Crippen molar-refractivity contribution in [1.82, 2.24) is 0 Å². The van der Waals surface area contributed by atoms with E-state index in [0.717, 1.165) is 17.0 Å². The maximum absolute atomic E-state index is 10.9. The lowest BCUT2D eigenvalue weighted by Crippen LogP contribution is -2.03. The Hall–Kier alpha value is -2.49. The molecule has 0 saturated carbocycles. The van der Waals surface area contributed by atoms with Crippen LogP contribution in [-0.2, 0) is 11.3 Å². The number of hydrogen-bond acceptors (Lipinski definition) is 4. The number of carbonyl (C=O) groups is 1. The number of ether oxygens (including phenoxy) is 2. The molecule has 0 saturated heterocycles. The van der Waals surface area contributed by atoms with E-state index in [2.05, 4.69) is 5.32 Å². The van der Waals surface area contributed by atoms with Gasteiger partial charge in [0, 0.05) is 25.2 Å². The Morgan fingerprint density at radius 1 is 1.10 bits per heavy atom. The van der Waals surface area contributed by atoms with Crippen molar-refractivity contribution in [1.29, 1.82) is 0 Å². The van der Waals surface area contributed by atoms with E-state index in [9.17, 15) is 4.79 Å². The van der Waals surface area contributed by atoms with E-state index in [1.54, 1.807) is 19.2 Å². The van der Waals surface area contributed by atoms with E-state index < -0.39 is 0 Å². The molecule has 0 atom stereocenters. The summed E-state index contributed by atoms with van der Waals surface area (Å²) in [6.07, 6.45) is 0. The molecular weight excluding hydrogens is 254 g/mol. The van der Waals surface area contributed by atoms with Crippen LogP contribution in [0.5, 0.6) is 11.5 Å². The van der Waals surface area contributed by atoms with E-state index in [-0.39, 0.29) is 5.97 Å². The number of methoxy groups -OCH3 is 1. The third kappa shape index (κ3) is 4.02. The van der Waals surface area contributed by atoms with Crippen LogP contribution in [0.25, 0.3) is 0 Å². The van der Waals surface area contributed by atoms with Gasteiger partial charge in [-0.3, -0.25) is 4.79 Å². The third-order valence-electron chi connectivity index (χ3n) is 2.73. The molecule has 0 spiro atoms. The van der Waals surface area contributed by atoms with Crippen molar-refractivity contribution in [3.8, 4) is 11.5 Å². The standard InChI is InChI=1S/C16H17NO3/c1-12(18)20-16-8-4-6-14(10-16)17-11-13-5-3-7-15(9-13)19-2/h3-10,17H,11H2,1-2H3. The molecule has 4 nitrogen and oxygen atoms in total. The zero-order chi connectivity index (χ0) is 14.4. The SMILES string of the molecule is COc1cccc(CNc2cccc(OC(C)=O)c2)c1. The van der Waals surface area contributed by atoms with Crippen LogP contribution >= 0.6 is 0 Å². The lowest BCUT2D eigenvalue weighted by molar-refractivity contribution is -0.131. The molecule has 0 amide bonds. The van der Waals surface area contributed by atoms with Gasteiger partial charge in [0.2, 0.25) is 0 Å². The number of benzene rings is 2. The Morgan fingerprint density at radius 3 is 2.60 bits per heavy atom. The predicted molar refractivity (Wildman–Crippen MR) is 78.1 cm³/mol. The second-order valence-electron chi connectivity index (χ2n) is 4.33. The van der Waals surface area contributed by atoms with Gasteiger partial charge in [0.15, 0.2) is 0 Å². The topological polar surface area (TPSA) is 47.6 Å². The van der Waals surface area contributed by atoms with Crippen molar-refractivity contribution in [3.05, 3.63) is 54.1 Å². The molecule has 20 heavy (non-hydrogen) atoms. The fourth-order valence-electron chi connectivity index (χ4n) is 1.82. The van der Waals surface area contributed by atoms with Crippen LogP contribution in [0.4, 0.5) is 5.69 Å². The summed E-state index contributed by atoms with van der Waals surface area (Å²) < 4.78 is 10.2. The molecule has 0 unspecified atom stereocenters. The highest BCUT2D eigenvalue weighted by atomic mass is 16.5. The van der Waals surface area contributed by atoms with Crippen LogP contribution in [0.15, 0.2) is 48.5 Å². The molecule has 4 heteroatoms. The summed E-state index contributed by atoms with van der Waals surface area (Å²) in [5.74, 6) is 1.04. The van der Waals surface area contributed by atoms with Crippen LogP contribution in [0, 0.1) is 0 Å². The normalized spacial score (nSPS) is 9.90. The summed E-state index contributed by atoms with van der Waals surface area (Å²) >= 11 is 0. The van der Waals surface area contributed by atoms with Crippen LogP contribution in [0.2, 0.25) is 0 Å². The lowest BCUT2D eigenvalue weighted by Gasteiger charge is -2.09. The maximum atomic E-state index is 10.9. The van der Waals surface area contributed by atoms with E-state index in [1.165, 1.54) is 6.92 Å². The highest BCUT2D eigenvalue weighted by molar-refractivity contribution is 5.69. The Labute approximate surface area is 118 Å². The summed E-state index contributed by atoms with van der Waals surface area (Å²) in [4.78, 5) is 10.9. The summed E-state index contributed by atoms with van der Waals surface area (Å²) in [5.41, 5.74) is 2.01. The molecule has 0 heterocycles. The second-order valence-corrected chi connectivity index (χ2v) is 4.33. The Balaban J connectivity index is 2.01. The molecule has 0 fully saturated rings. The Bertz CT molecular complexity index is 596. The highest BCUT2D eigenvalue weighted by Gasteiger charge is 2.00. The summed E-state index contributed by atoms with van der Waals surface area (Å²) in [6, 6.07) is 15.2. The number of hydrogen-bond donors (Lipinski definition) is 1. The van der Waals surface area contributed by atoms with Gasteiger partial charge in [-0.25, -0.2) is 0 Å². The van der Waals surface area contributed by atoms with E-state index in [1.807, 2.05) is 36.4 Å². The minimum atomic E-state index is -0.324. The van der Waals surface area contributed by atoms with Crippen molar-refractivity contribution in [2.24, 2.45) is 0 Å². The minimum Gasteiger partial charge on any atom is -0.497 e. The summed E-state index contributed by atoms with van der Waals surface area (Å²) in [7, 11) is 1.65. The Morgan fingerprint density at radius 2 is 1.85 bits per heavy atom. The number of nitrogens with one attached hydrogen (secondary N) is 1. The van der Waals surface area contributed by atoms with E-state index in [4.69, 9.17) is 9.47 Å². The summed E-state index contributed by atoms with van der Waals surface area (Å²) in [5, 5.41) is 3.28. The molecule has 2 aromatic rings. The van der Waals surface area contributed by atoms with Gasteiger partial charge in [-0.1, -0.05) is 18.2 Å². The fourth-order valence-corrected chi connectivity index (χ4v) is 1.82. The quantitative estimate of drug-likeness (QED) is 0.670. The van der Waals surface area contributed by atoms with Crippen LogP contribution in [0.3, 0.4) is 0 Å². The Kier molecular flexibility index (Phi) is 4.60. The van der Waals surface area contributed by atoms with Crippen LogP contribution in [0.1, 0.15) is 12.5 Å². The van der Waals surface area contributed by atoms with Crippen LogP contribution < -0.4 is 14.8 Å². The molecule has 0 aliphatic carbocycles. The number of carbonyl (C=O) groups excluding carboxylic acids is 1. The maximum Gasteiger partial charge on any atom is 0.308 e. The van der Waals surface area contributed by atoms with Crippen molar-refractivity contribution >= 4 is 11.7 Å². The zero-order valence-corrected chi connectivity index (χ0v) is 11.6. The first-order chi connectivity index (χ1) is 9.67. The van der Waals surface area contributed by atoms with Gasteiger partial charge >= 0.3 is 5.97 Å². The monoisotopic (exact) mass is 271 g/mol. The number of rotatable bonds is 5. The van der Waals surface area contributed by atoms with E-state index in [0.29, 0.717) is 12.3 Å². The van der Waals surface area contributed by atoms with Gasteiger partial charge < -0.3 is 14.8 Å². The lowest BCUT2D eigenvalue weighted by atomic mass is 10.2. The van der Waals surface area contributed by atoms with E-state index >= 15 is 0 Å². The van der Waals surface area contributed by atoms with Crippen molar-refractivity contribution < 1.29 is 14.3 Å². The smallest absolute Gasteiger partial charge is 0.308 e. The second kappa shape index (κ2) is 6.61. The molecule has 2 aromatic carbocycles. The van der Waals surface area contributed by atoms with Gasteiger partial charge in [-0.15, -0.1) is 0 Å². The van der Waals surface area contributed by atoms with Gasteiger partial charge in [-0.05, 0) is 29.8 Å². The molecule has 1 N–H and O–H groups in total. The molecule has 0 radical (unpaired) electrons. The van der Waals surface area contributed by atoms with Gasteiger partial charge in [0.05, 0.1) is 7.11 Å². The average Bonchev–Trinajstić information content (AvgIpc) is 2.45. The molecule has 0 aliphatic rings. The minimum absolute atomic E-state index is 0.324. The van der Waals surface area contributed by atoms with Crippen molar-refractivity contribution in [2.45, 2.75) is 13.5 Å². The fraction of sp³-hybridized carbons (Fsp3) is 0.188. The number of anilines is 1. The average molecular weight is 271 g/mol. The number of esters is 1. The molecule has 0 aromatic heterocycles. The van der Waals surface area contributed by atoms with Crippen molar-refractivity contribution in [3.63, 3.8) is 0 Å². The molecular formula is C16H17NO3. The molecule has 0 aliphatic heterocycles. The molecule has 2 rings (SSSR count).